The van der Waals surface area contributed by atoms with Crippen LogP contribution >= 0.6 is 0 Å². The van der Waals surface area contributed by atoms with Crippen molar-refractivity contribution in [3.63, 3.8) is 0 Å². The molecule has 2 unspecified atom stereocenters. The highest BCUT2D eigenvalue weighted by Gasteiger charge is 2.42. The lowest BCUT2D eigenvalue weighted by Gasteiger charge is -2.21. The first-order chi connectivity index (χ1) is 10.1. The molecule has 0 amide bonds. The molecule has 0 bridgehead atoms. The van der Waals surface area contributed by atoms with E-state index in [-0.39, 0.29) is 25.7 Å². The summed E-state index contributed by atoms with van der Waals surface area (Å²) in [6, 6.07) is 0. The van der Waals surface area contributed by atoms with Crippen LogP contribution in [-0.2, 0) is 19.2 Å². The molecule has 10 nitrogen and oxygen atoms in total. The summed E-state index contributed by atoms with van der Waals surface area (Å²) in [6.45, 7) is -2.12. The zero-order valence-electron chi connectivity index (χ0n) is 11.8. The maximum Gasteiger partial charge on any atom is 0.333 e. The number of unbranched alkanes of at least 4 members (excludes halogenated alkanes) is 1. The quantitative estimate of drug-likeness (QED) is 0.171. The number of carbonyl (C=O) groups is 4. The lowest BCUT2D eigenvalue weighted by molar-refractivity contribution is -0.152. The maximum atomic E-state index is 11.6. The third-order valence-electron chi connectivity index (χ3n) is 3.31. The van der Waals surface area contributed by atoms with Crippen LogP contribution in [0.15, 0.2) is 0 Å². The lowest BCUT2D eigenvalue weighted by atomic mass is 9.90. The average molecular weight is 320 g/mol. The molecule has 0 aliphatic heterocycles. The molecule has 8 N–H and O–H groups in total. The third-order valence-corrected chi connectivity index (χ3v) is 3.31. The number of hydrogen-bond acceptors (Lipinski definition) is 8. The molecule has 126 valence electrons. The molecule has 22 heavy (non-hydrogen) atoms. The highest BCUT2D eigenvalue weighted by Crippen LogP contribution is 2.13. The molecule has 0 aromatic rings. The summed E-state index contributed by atoms with van der Waals surface area (Å²) in [4.78, 5) is 44.9. The number of carboxylic acids is 2. The molecule has 0 saturated carbocycles. The molecule has 0 rings (SSSR count). The number of rotatable bonds is 11. The van der Waals surface area contributed by atoms with E-state index in [1.54, 1.807) is 0 Å². The van der Waals surface area contributed by atoms with Crippen LogP contribution in [0.5, 0.6) is 0 Å². The van der Waals surface area contributed by atoms with Crippen molar-refractivity contribution in [1.82, 2.24) is 0 Å². The molecule has 10 heteroatoms. The van der Waals surface area contributed by atoms with Gasteiger partial charge in [-0.25, -0.2) is 9.59 Å². The van der Waals surface area contributed by atoms with Crippen LogP contribution in [0.25, 0.3) is 0 Å². The maximum absolute atomic E-state index is 11.6. The normalized spacial score (nSPS) is 16.4. The van der Waals surface area contributed by atoms with Gasteiger partial charge in [0.2, 0.25) is 0 Å². The van der Waals surface area contributed by atoms with Crippen LogP contribution in [0, 0.1) is 0 Å². The number of carbonyl (C=O) groups excluding carboxylic acids is 2. The molecule has 0 radical (unpaired) electrons. The van der Waals surface area contributed by atoms with E-state index in [0.29, 0.717) is 0 Å². The fourth-order valence-corrected chi connectivity index (χ4v) is 1.57. The minimum Gasteiger partial charge on any atom is -0.479 e. The number of carboxylic acid groups (broad SMARTS) is 2. The Morgan fingerprint density at radius 2 is 1.00 bits per heavy atom. The largest absolute Gasteiger partial charge is 0.479 e. The monoisotopic (exact) mass is 320 g/mol. The first-order valence-corrected chi connectivity index (χ1v) is 6.39. The SMILES string of the molecule is NC(CO)(C(=O)O)C(=O)CCCCC(=O)C(N)(CO)C(=O)O. The highest BCUT2D eigenvalue weighted by molar-refractivity contribution is 6.08. The molecular formula is C12H20N2O8. The third kappa shape index (κ3) is 4.31. The van der Waals surface area contributed by atoms with Gasteiger partial charge in [0.1, 0.15) is 0 Å². The predicted molar refractivity (Wildman–Crippen MR) is 71.8 cm³/mol. The van der Waals surface area contributed by atoms with E-state index in [2.05, 4.69) is 0 Å². The smallest absolute Gasteiger partial charge is 0.333 e. The van der Waals surface area contributed by atoms with Crippen LogP contribution in [0.1, 0.15) is 25.7 Å². The zero-order valence-corrected chi connectivity index (χ0v) is 11.8. The van der Waals surface area contributed by atoms with Gasteiger partial charge >= 0.3 is 11.9 Å². The topological polar surface area (TPSA) is 201 Å². The van der Waals surface area contributed by atoms with E-state index >= 15 is 0 Å². The summed E-state index contributed by atoms with van der Waals surface area (Å²) in [7, 11) is 0. The van der Waals surface area contributed by atoms with Gasteiger partial charge in [0.15, 0.2) is 22.6 Å². The molecule has 0 aliphatic rings. The summed E-state index contributed by atoms with van der Waals surface area (Å²) in [6.07, 6.45) is -0.503. The van der Waals surface area contributed by atoms with E-state index in [0.717, 1.165) is 0 Å². The van der Waals surface area contributed by atoms with Gasteiger partial charge in [0.05, 0.1) is 13.2 Å². The molecule has 0 saturated heterocycles. The summed E-state index contributed by atoms with van der Waals surface area (Å²) in [5, 5.41) is 35.3. The second kappa shape index (κ2) is 7.94. The van der Waals surface area contributed by atoms with Gasteiger partial charge in [0.25, 0.3) is 0 Å². The fraction of sp³-hybridized carbons (Fsp3) is 0.667. The minimum absolute atomic E-state index is 0.0535. The Hall–Kier alpha value is -1.88. The van der Waals surface area contributed by atoms with Crippen LogP contribution in [0.3, 0.4) is 0 Å². The fourth-order valence-electron chi connectivity index (χ4n) is 1.57. The van der Waals surface area contributed by atoms with Crippen LogP contribution in [0.2, 0.25) is 0 Å². The lowest BCUT2D eigenvalue weighted by Crippen LogP contribution is -2.58. The van der Waals surface area contributed by atoms with Crippen molar-refractivity contribution in [3.05, 3.63) is 0 Å². The Morgan fingerprint density at radius 1 is 0.727 bits per heavy atom. The van der Waals surface area contributed by atoms with Crippen molar-refractivity contribution in [2.24, 2.45) is 11.5 Å². The Bertz CT molecular complexity index is 424. The van der Waals surface area contributed by atoms with Gasteiger partial charge in [-0.05, 0) is 12.8 Å². The number of ketones is 2. The van der Waals surface area contributed by atoms with Crippen LogP contribution in [-0.4, -0.2) is 68.2 Å². The summed E-state index contributed by atoms with van der Waals surface area (Å²) in [5.74, 6) is -5.14. The van der Waals surface area contributed by atoms with E-state index in [1.165, 1.54) is 0 Å². The average Bonchev–Trinajstić information content (AvgIpc) is 2.48. The van der Waals surface area contributed by atoms with Crippen molar-refractivity contribution in [2.45, 2.75) is 36.8 Å². The standard InChI is InChI=1S/C12H20N2O8/c13-11(5-15,9(19)20)7(17)3-1-2-4-8(18)12(14,6-16)10(21)22/h15-16H,1-6,13-14H2,(H,19,20)(H,21,22). The Kier molecular flexibility index (Phi) is 7.26. The van der Waals surface area contributed by atoms with E-state index in [4.69, 9.17) is 31.9 Å². The molecule has 0 spiro atoms. The first-order valence-electron chi connectivity index (χ1n) is 6.39. The number of aliphatic hydroxyl groups is 2. The van der Waals surface area contributed by atoms with Gasteiger partial charge in [-0.1, -0.05) is 0 Å². The second-order valence-corrected chi connectivity index (χ2v) is 4.92. The van der Waals surface area contributed by atoms with Crippen LogP contribution < -0.4 is 11.5 Å². The van der Waals surface area contributed by atoms with E-state index in [9.17, 15) is 19.2 Å². The molecule has 0 aromatic carbocycles. The van der Waals surface area contributed by atoms with Crippen molar-refractivity contribution in [3.8, 4) is 0 Å². The number of Topliss-reactive ketones (excluding diaryl/α,β-unsaturated/α-hetero) is 2. The summed E-state index contributed by atoms with van der Waals surface area (Å²) in [5.41, 5.74) is 5.73. The molecule has 0 heterocycles. The number of hydrogen-bond donors (Lipinski definition) is 6. The van der Waals surface area contributed by atoms with Crippen molar-refractivity contribution in [1.29, 1.82) is 0 Å². The molecule has 0 aliphatic carbocycles. The second-order valence-electron chi connectivity index (χ2n) is 4.92. The van der Waals surface area contributed by atoms with Crippen molar-refractivity contribution < 1.29 is 39.6 Å². The number of aliphatic carboxylic acids is 2. The van der Waals surface area contributed by atoms with Crippen molar-refractivity contribution >= 4 is 23.5 Å². The molecule has 0 aromatic heterocycles. The van der Waals surface area contributed by atoms with Crippen LogP contribution in [0.4, 0.5) is 0 Å². The van der Waals surface area contributed by atoms with E-state index < -0.39 is 47.8 Å². The molecular weight excluding hydrogens is 300 g/mol. The van der Waals surface area contributed by atoms with Gasteiger partial charge in [0, 0.05) is 12.8 Å². The van der Waals surface area contributed by atoms with E-state index in [1.807, 2.05) is 0 Å². The van der Waals surface area contributed by atoms with Gasteiger partial charge in [-0.2, -0.15) is 0 Å². The summed E-state index contributed by atoms with van der Waals surface area (Å²) >= 11 is 0. The predicted octanol–water partition coefficient (Wildman–Crippen LogP) is -2.77. The Balaban J connectivity index is 4.45. The number of nitrogens with two attached hydrogens (primary N) is 2. The van der Waals surface area contributed by atoms with Gasteiger partial charge in [-0.15, -0.1) is 0 Å². The first kappa shape index (κ1) is 20.1. The Morgan fingerprint density at radius 3 is 1.18 bits per heavy atom. The summed E-state index contributed by atoms with van der Waals surface area (Å²) < 4.78 is 0. The minimum atomic E-state index is -2.40. The van der Waals surface area contributed by atoms with Crippen molar-refractivity contribution in [2.75, 3.05) is 13.2 Å². The highest BCUT2D eigenvalue weighted by atomic mass is 16.4. The van der Waals surface area contributed by atoms with Gasteiger partial charge < -0.3 is 31.9 Å². The number of aliphatic hydroxyl groups excluding tert-OH is 2. The molecule has 2 atom stereocenters. The Labute approximate surface area is 125 Å². The molecule has 0 fully saturated rings. The zero-order chi connectivity index (χ0) is 17.6. The van der Waals surface area contributed by atoms with Gasteiger partial charge in [-0.3, -0.25) is 9.59 Å².